The van der Waals surface area contributed by atoms with E-state index in [-0.39, 0.29) is 11.1 Å². The maximum Gasteiger partial charge on any atom is 0.335 e. The highest BCUT2D eigenvalue weighted by Crippen LogP contribution is 2.27. The lowest BCUT2D eigenvalue weighted by Crippen LogP contribution is -2.03. The number of benzene rings is 2. The molecule has 0 saturated heterocycles. The predicted molar refractivity (Wildman–Crippen MR) is 85.6 cm³/mol. The first kappa shape index (κ1) is 16.5. The molecule has 120 valence electrons. The molecule has 2 aromatic rings. The molecule has 0 atom stereocenters. The molecule has 0 saturated carbocycles. The fraction of sp³-hybridized carbons (Fsp3) is 0.222. The summed E-state index contributed by atoms with van der Waals surface area (Å²) >= 11 is 0. The van der Waals surface area contributed by atoms with Gasteiger partial charge in [0.1, 0.15) is 11.5 Å². The number of carboxylic acids is 2. The van der Waals surface area contributed by atoms with Crippen molar-refractivity contribution >= 4 is 11.9 Å². The summed E-state index contributed by atoms with van der Waals surface area (Å²) in [4.78, 5) is 22.3. The predicted octanol–water partition coefficient (Wildman–Crippen LogP) is 4.00. The summed E-state index contributed by atoms with van der Waals surface area (Å²) in [5.41, 5.74) is 1.89. The molecule has 0 unspecified atom stereocenters. The van der Waals surface area contributed by atoms with E-state index < -0.39 is 11.9 Å². The van der Waals surface area contributed by atoms with Gasteiger partial charge in [0.2, 0.25) is 0 Å². The summed E-state index contributed by atoms with van der Waals surface area (Å²) in [6.07, 6.45) is 1.16. The van der Waals surface area contributed by atoms with Crippen LogP contribution in [0, 0.1) is 0 Å². The molecule has 2 rings (SSSR count). The normalized spacial score (nSPS) is 10.3. The molecule has 5 heteroatoms. The molecule has 0 amide bonds. The number of carboxylic acid groups (broad SMARTS) is 2. The first-order chi connectivity index (χ1) is 11.0. The van der Waals surface area contributed by atoms with Crippen LogP contribution in [0.1, 0.15) is 45.7 Å². The minimum absolute atomic E-state index is 0.260. The van der Waals surface area contributed by atoms with Crippen LogP contribution in [0.25, 0.3) is 0 Å². The van der Waals surface area contributed by atoms with Gasteiger partial charge in [-0.25, -0.2) is 9.59 Å². The minimum atomic E-state index is -0.965. The Morgan fingerprint density at radius 2 is 1.22 bits per heavy atom. The Morgan fingerprint density at radius 1 is 0.826 bits per heavy atom. The zero-order valence-electron chi connectivity index (χ0n) is 13.0. The molecule has 23 heavy (non-hydrogen) atoms. The van der Waals surface area contributed by atoms with Crippen molar-refractivity contribution in [3.8, 4) is 11.5 Å². The first-order valence-corrected chi connectivity index (χ1v) is 7.36. The van der Waals surface area contributed by atoms with Crippen molar-refractivity contribution < 1.29 is 24.5 Å². The Balaban J connectivity index is 2.32. The van der Waals surface area contributed by atoms with Gasteiger partial charge < -0.3 is 14.9 Å². The van der Waals surface area contributed by atoms with Crippen LogP contribution in [0.2, 0.25) is 0 Å². The maximum absolute atomic E-state index is 11.1. The van der Waals surface area contributed by atoms with E-state index in [1.807, 2.05) is 13.8 Å². The molecule has 0 aromatic heterocycles. The lowest BCUT2D eigenvalue weighted by atomic mass is 10.0. The van der Waals surface area contributed by atoms with Crippen LogP contribution >= 0.6 is 0 Å². The molecular formula is C18H18O5. The van der Waals surface area contributed by atoms with E-state index in [4.69, 9.17) is 14.9 Å². The molecule has 5 nitrogen and oxygen atoms in total. The molecule has 0 aliphatic heterocycles. The van der Waals surface area contributed by atoms with Gasteiger partial charge in [-0.3, -0.25) is 0 Å². The highest BCUT2D eigenvalue weighted by molar-refractivity contribution is 5.90. The van der Waals surface area contributed by atoms with Crippen LogP contribution in [-0.4, -0.2) is 22.2 Å². The number of hydrogen-bond donors (Lipinski definition) is 2. The summed E-state index contributed by atoms with van der Waals surface area (Å²) in [5.74, 6) is -0.881. The summed E-state index contributed by atoms with van der Waals surface area (Å²) < 4.78 is 5.75. The van der Waals surface area contributed by atoms with E-state index >= 15 is 0 Å². The van der Waals surface area contributed by atoms with Gasteiger partial charge in [0.05, 0.1) is 11.1 Å². The highest BCUT2D eigenvalue weighted by atomic mass is 16.5. The summed E-state index contributed by atoms with van der Waals surface area (Å²) in [6.45, 7) is 3.75. The summed E-state index contributed by atoms with van der Waals surface area (Å²) in [5, 5.41) is 18.3. The van der Waals surface area contributed by atoms with Crippen molar-refractivity contribution in [1.29, 1.82) is 0 Å². The van der Waals surface area contributed by atoms with E-state index in [0.717, 1.165) is 0 Å². The average Bonchev–Trinajstić information content (AvgIpc) is 2.54. The molecule has 0 heterocycles. The van der Waals surface area contributed by atoms with Crippen molar-refractivity contribution in [3.05, 3.63) is 58.7 Å². The summed E-state index contributed by atoms with van der Waals surface area (Å²) in [7, 11) is 0. The second kappa shape index (κ2) is 6.96. The number of aromatic carboxylic acids is 2. The molecule has 0 aliphatic rings. The van der Waals surface area contributed by atoms with Gasteiger partial charge in [0.25, 0.3) is 0 Å². The molecule has 0 spiro atoms. The quantitative estimate of drug-likeness (QED) is 0.842. The number of aryl methyl sites for hydroxylation is 2. The molecule has 0 bridgehead atoms. The SMILES string of the molecule is CCc1cc(Oc2ccc(C(=O)O)c(CC)c2)ccc1C(=O)O. The Bertz CT molecular complexity index is 686. The van der Waals surface area contributed by atoms with Crippen LogP contribution in [0.15, 0.2) is 36.4 Å². The fourth-order valence-electron chi connectivity index (χ4n) is 2.41. The van der Waals surface area contributed by atoms with Crippen LogP contribution in [0.5, 0.6) is 11.5 Å². The van der Waals surface area contributed by atoms with Crippen LogP contribution in [0.3, 0.4) is 0 Å². The number of ether oxygens (including phenoxy) is 1. The van der Waals surface area contributed by atoms with Gasteiger partial charge in [-0.15, -0.1) is 0 Å². The number of hydrogen-bond acceptors (Lipinski definition) is 3. The molecule has 2 N–H and O–H groups in total. The molecular weight excluding hydrogens is 296 g/mol. The summed E-state index contributed by atoms with van der Waals surface area (Å²) in [6, 6.07) is 9.62. The second-order valence-electron chi connectivity index (χ2n) is 5.06. The molecule has 0 aliphatic carbocycles. The van der Waals surface area contributed by atoms with Gasteiger partial charge in [-0.05, 0) is 60.4 Å². The van der Waals surface area contributed by atoms with Gasteiger partial charge in [0, 0.05) is 0 Å². The standard InChI is InChI=1S/C18H18O5/c1-3-11-9-13(5-7-15(11)17(19)20)23-14-6-8-16(18(21)22)12(4-2)10-14/h5-10H,3-4H2,1-2H3,(H,19,20)(H,21,22). The van der Waals surface area contributed by atoms with Gasteiger partial charge in [-0.2, -0.15) is 0 Å². The van der Waals surface area contributed by atoms with E-state index in [1.165, 1.54) is 12.1 Å². The lowest BCUT2D eigenvalue weighted by molar-refractivity contribution is 0.0685. The smallest absolute Gasteiger partial charge is 0.335 e. The van der Waals surface area contributed by atoms with Crippen molar-refractivity contribution in [2.75, 3.05) is 0 Å². The monoisotopic (exact) mass is 314 g/mol. The fourth-order valence-corrected chi connectivity index (χ4v) is 2.41. The number of rotatable bonds is 6. The topological polar surface area (TPSA) is 83.8 Å². The minimum Gasteiger partial charge on any atom is -0.478 e. The molecule has 0 fully saturated rings. The van der Waals surface area contributed by atoms with E-state index in [2.05, 4.69) is 0 Å². The zero-order chi connectivity index (χ0) is 17.0. The van der Waals surface area contributed by atoms with Gasteiger partial charge in [-0.1, -0.05) is 13.8 Å². The third kappa shape index (κ3) is 3.69. The van der Waals surface area contributed by atoms with E-state index in [1.54, 1.807) is 24.3 Å². The Labute approximate surface area is 134 Å². The van der Waals surface area contributed by atoms with Crippen molar-refractivity contribution in [2.45, 2.75) is 26.7 Å². The van der Waals surface area contributed by atoms with Gasteiger partial charge >= 0.3 is 11.9 Å². The zero-order valence-corrected chi connectivity index (χ0v) is 13.0. The Hall–Kier alpha value is -2.82. The third-order valence-corrected chi connectivity index (χ3v) is 3.61. The van der Waals surface area contributed by atoms with E-state index in [9.17, 15) is 9.59 Å². The Morgan fingerprint density at radius 3 is 1.52 bits per heavy atom. The van der Waals surface area contributed by atoms with Gasteiger partial charge in [0.15, 0.2) is 0 Å². The highest BCUT2D eigenvalue weighted by Gasteiger charge is 2.12. The second-order valence-corrected chi connectivity index (χ2v) is 5.06. The van der Waals surface area contributed by atoms with Crippen LogP contribution in [0.4, 0.5) is 0 Å². The first-order valence-electron chi connectivity index (χ1n) is 7.36. The average molecular weight is 314 g/mol. The molecule has 2 aromatic carbocycles. The third-order valence-electron chi connectivity index (χ3n) is 3.61. The lowest BCUT2D eigenvalue weighted by Gasteiger charge is -2.11. The van der Waals surface area contributed by atoms with Crippen LogP contribution < -0.4 is 4.74 Å². The van der Waals surface area contributed by atoms with Crippen molar-refractivity contribution in [1.82, 2.24) is 0 Å². The largest absolute Gasteiger partial charge is 0.478 e. The Kier molecular flexibility index (Phi) is 5.01. The number of carbonyl (C=O) groups is 2. The van der Waals surface area contributed by atoms with Crippen molar-refractivity contribution in [3.63, 3.8) is 0 Å². The van der Waals surface area contributed by atoms with Crippen LogP contribution in [-0.2, 0) is 12.8 Å². The molecule has 0 radical (unpaired) electrons. The van der Waals surface area contributed by atoms with E-state index in [0.29, 0.717) is 35.5 Å². The van der Waals surface area contributed by atoms with Crippen molar-refractivity contribution in [2.24, 2.45) is 0 Å². The maximum atomic E-state index is 11.1.